The molecule has 1 aromatic carbocycles. The molecule has 3 aromatic rings. The van der Waals surface area contributed by atoms with Gasteiger partial charge in [0.15, 0.2) is 0 Å². The summed E-state index contributed by atoms with van der Waals surface area (Å²) in [5, 5.41) is 3.19. The average molecular weight is 490 g/mol. The Morgan fingerprint density at radius 1 is 1.06 bits per heavy atom. The quantitative estimate of drug-likeness (QED) is 0.437. The lowest BCUT2D eigenvalue weighted by atomic mass is 9.86. The largest absolute Gasteiger partial charge is 0.327 e. The highest BCUT2D eigenvalue weighted by atomic mass is 32.1. The fourth-order valence-electron chi connectivity index (χ4n) is 5.29. The molecule has 0 bridgehead atoms. The van der Waals surface area contributed by atoms with E-state index in [0.29, 0.717) is 25.9 Å². The van der Waals surface area contributed by atoms with Gasteiger partial charge in [-0.25, -0.2) is 9.78 Å². The molecule has 4 heterocycles. The van der Waals surface area contributed by atoms with Crippen LogP contribution in [0, 0.1) is 0 Å². The van der Waals surface area contributed by atoms with Gasteiger partial charge in [-0.05, 0) is 44.2 Å². The molecule has 7 nitrogen and oxygen atoms in total. The number of carbonyl (C=O) groups is 2. The molecule has 182 valence electrons. The summed E-state index contributed by atoms with van der Waals surface area (Å²) in [7, 11) is 0. The molecule has 1 spiro atoms. The molecule has 0 atom stereocenters. The molecule has 8 heteroatoms. The molecule has 0 aliphatic carbocycles. The van der Waals surface area contributed by atoms with E-state index in [0.717, 1.165) is 54.3 Å². The predicted octanol–water partition coefficient (Wildman–Crippen LogP) is 4.46. The summed E-state index contributed by atoms with van der Waals surface area (Å²) < 4.78 is 0. The standard InChI is InChI=1S/C27H31N5O2S/c1-2-32-26(34)31(15-7-9-21-8-6-14-28-18-21)25(33)27(32)12-16-30(17-13-27)19-24-29-23(20-35-24)22-10-4-3-5-11-22/h3-6,8,10-11,14,18,20H,2,7,9,12-13,15-17,19H2,1H3. The van der Waals surface area contributed by atoms with E-state index < -0.39 is 5.54 Å². The molecule has 0 radical (unpaired) electrons. The van der Waals surface area contributed by atoms with Crippen molar-refractivity contribution in [3.05, 3.63) is 70.8 Å². The van der Waals surface area contributed by atoms with Crippen LogP contribution in [-0.2, 0) is 17.8 Å². The van der Waals surface area contributed by atoms with Gasteiger partial charge in [-0.15, -0.1) is 11.3 Å². The molecule has 2 aromatic heterocycles. The first-order chi connectivity index (χ1) is 17.1. The van der Waals surface area contributed by atoms with E-state index in [9.17, 15) is 9.59 Å². The molecule has 35 heavy (non-hydrogen) atoms. The Balaban J connectivity index is 1.20. The van der Waals surface area contributed by atoms with Crippen LogP contribution in [0.1, 0.15) is 36.8 Å². The Labute approximate surface area is 210 Å². The third-order valence-corrected chi connectivity index (χ3v) is 8.00. The number of pyridine rings is 1. The lowest BCUT2D eigenvalue weighted by molar-refractivity contribution is -0.135. The monoisotopic (exact) mass is 489 g/mol. The van der Waals surface area contributed by atoms with Crippen molar-refractivity contribution in [1.29, 1.82) is 0 Å². The summed E-state index contributed by atoms with van der Waals surface area (Å²) in [5.74, 6) is -0.0178. The Morgan fingerprint density at radius 2 is 1.86 bits per heavy atom. The summed E-state index contributed by atoms with van der Waals surface area (Å²) in [6.07, 6.45) is 6.48. The first-order valence-corrected chi connectivity index (χ1v) is 13.2. The van der Waals surface area contributed by atoms with Gasteiger partial charge in [-0.2, -0.15) is 0 Å². The van der Waals surface area contributed by atoms with Crippen LogP contribution in [0.15, 0.2) is 60.2 Å². The maximum absolute atomic E-state index is 13.6. The first kappa shape index (κ1) is 23.6. The summed E-state index contributed by atoms with van der Waals surface area (Å²) in [6.45, 7) is 5.31. The van der Waals surface area contributed by atoms with Crippen molar-refractivity contribution < 1.29 is 9.59 Å². The predicted molar refractivity (Wildman–Crippen MR) is 137 cm³/mol. The SMILES string of the molecule is CCN1C(=O)N(CCCc2cccnc2)C(=O)C12CCN(Cc1nc(-c3ccccc3)cs1)CC2. The number of aryl methyl sites for hydroxylation is 1. The lowest BCUT2D eigenvalue weighted by Gasteiger charge is -2.41. The van der Waals surface area contributed by atoms with Gasteiger partial charge < -0.3 is 4.90 Å². The van der Waals surface area contributed by atoms with Crippen molar-refractivity contribution >= 4 is 23.3 Å². The van der Waals surface area contributed by atoms with Crippen LogP contribution >= 0.6 is 11.3 Å². The van der Waals surface area contributed by atoms with Crippen LogP contribution in [0.3, 0.4) is 0 Å². The highest BCUT2D eigenvalue weighted by molar-refractivity contribution is 7.09. The number of amides is 3. The number of carbonyl (C=O) groups excluding carboxylic acids is 2. The van der Waals surface area contributed by atoms with Crippen LogP contribution in [-0.4, -0.2) is 68.3 Å². The van der Waals surface area contributed by atoms with Crippen LogP contribution in [0.2, 0.25) is 0 Å². The van der Waals surface area contributed by atoms with Gasteiger partial charge in [0.05, 0.1) is 12.2 Å². The number of urea groups is 1. The number of nitrogens with zero attached hydrogens (tertiary/aromatic N) is 5. The Hall–Kier alpha value is -3.10. The minimum atomic E-state index is -0.700. The van der Waals surface area contributed by atoms with Gasteiger partial charge >= 0.3 is 6.03 Å². The van der Waals surface area contributed by atoms with E-state index >= 15 is 0 Å². The van der Waals surface area contributed by atoms with Gasteiger partial charge in [0.2, 0.25) is 0 Å². The Morgan fingerprint density at radius 3 is 2.57 bits per heavy atom. The number of likely N-dealkylation sites (N-methyl/N-ethyl adjacent to an activating group) is 1. The zero-order valence-electron chi connectivity index (χ0n) is 20.1. The van der Waals surface area contributed by atoms with Gasteiger partial charge in [0.25, 0.3) is 5.91 Å². The van der Waals surface area contributed by atoms with Gasteiger partial charge in [0.1, 0.15) is 10.5 Å². The van der Waals surface area contributed by atoms with E-state index in [1.54, 1.807) is 17.5 Å². The van der Waals surface area contributed by atoms with Gasteiger partial charge in [0, 0.05) is 49.5 Å². The molecule has 0 unspecified atom stereocenters. The molecule has 2 aliphatic rings. The summed E-state index contributed by atoms with van der Waals surface area (Å²) >= 11 is 1.68. The van der Waals surface area contributed by atoms with E-state index in [2.05, 4.69) is 27.4 Å². The normalized spacial score (nSPS) is 18.1. The molecule has 3 amide bonds. The lowest BCUT2D eigenvalue weighted by Crippen LogP contribution is -2.56. The molecule has 2 saturated heterocycles. The zero-order chi connectivity index (χ0) is 24.3. The van der Waals surface area contributed by atoms with E-state index in [4.69, 9.17) is 4.98 Å². The van der Waals surface area contributed by atoms with Crippen LogP contribution in [0.25, 0.3) is 11.3 Å². The zero-order valence-corrected chi connectivity index (χ0v) is 20.9. The molecular weight excluding hydrogens is 458 g/mol. The minimum absolute atomic E-state index is 0.0178. The van der Waals surface area contributed by atoms with Crippen molar-refractivity contribution in [2.75, 3.05) is 26.2 Å². The number of imide groups is 1. The van der Waals surface area contributed by atoms with Crippen molar-refractivity contribution in [3.8, 4) is 11.3 Å². The van der Waals surface area contributed by atoms with Crippen LogP contribution in [0.4, 0.5) is 4.79 Å². The van der Waals surface area contributed by atoms with Gasteiger partial charge in [-0.1, -0.05) is 36.4 Å². The number of aromatic nitrogens is 2. The first-order valence-electron chi connectivity index (χ1n) is 12.4. The summed E-state index contributed by atoms with van der Waals surface area (Å²) in [5.41, 5.74) is 2.56. The second-order valence-corrected chi connectivity index (χ2v) is 10.2. The second-order valence-electron chi connectivity index (χ2n) is 9.25. The topological polar surface area (TPSA) is 69.6 Å². The average Bonchev–Trinajstić information content (AvgIpc) is 3.44. The molecule has 2 aliphatic heterocycles. The number of thiazole rings is 1. The fourth-order valence-corrected chi connectivity index (χ4v) is 6.13. The molecule has 2 fully saturated rings. The van der Waals surface area contributed by atoms with Crippen molar-refractivity contribution in [1.82, 2.24) is 24.7 Å². The number of hydrogen-bond acceptors (Lipinski definition) is 6. The van der Waals surface area contributed by atoms with Crippen LogP contribution in [0.5, 0.6) is 0 Å². The number of benzene rings is 1. The van der Waals surface area contributed by atoms with Crippen molar-refractivity contribution in [2.24, 2.45) is 0 Å². The van der Waals surface area contributed by atoms with E-state index in [1.165, 1.54) is 4.90 Å². The summed E-state index contributed by atoms with van der Waals surface area (Å²) in [4.78, 5) is 41.4. The maximum Gasteiger partial charge on any atom is 0.327 e. The molecule has 0 N–H and O–H groups in total. The van der Waals surface area contributed by atoms with Crippen molar-refractivity contribution in [2.45, 2.75) is 44.7 Å². The second kappa shape index (κ2) is 10.3. The number of rotatable bonds is 8. The number of piperidine rings is 1. The molecule has 5 rings (SSSR count). The summed E-state index contributed by atoms with van der Waals surface area (Å²) in [6, 6.07) is 14.0. The highest BCUT2D eigenvalue weighted by Gasteiger charge is 2.57. The third-order valence-electron chi connectivity index (χ3n) is 7.17. The van der Waals surface area contributed by atoms with E-state index in [-0.39, 0.29) is 11.9 Å². The Bertz CT molecular complexity index is 1160. The highest BCUT2D eigenvalue weighted by Crippen LogP contribution is 2.38. The number of likely N-dealkylation sites (tertiary alicyclic amines) is 1. The van der Waals surface area contributed by atoms with Crippen molar-refractivity contribution in [3.63, 3.8) is 0 Å². The van der Waals surface area contributed by atoms with Crippen LogP contribution < -0.4 is 0 Å². The number of hydrogen-bond donors (Lipinski definition) is 0. The van der Waals surface area contributed by atoms with Gasteiger partial charge in [-0.3, -0.25) is 19.6 Å². The third kappa shape index (κ3) is 4.73. The fraction of sp³-hybridized carbons (Fsp3) is 0.407. The maximum atomic E-state index is 13.6. The van der Waals surface area contributed by atoms with E-state index in [1.807, 2.05) is 48.4 Å². The molecular formula is C27H31N5O2S. The Kier molecular flexibility index (Phi) is 6.92. The smallest absolute Gasteiger partial charge is 0.310 e. The minimum Gasteiger partial charge on any atom is -0.310 e. The molecule has 0 saturated carbocycles.